The molecule has 1 heterocycles. The second-order valence-electron chi connectivity index (χ2n) is 4.50. The molecule has 20 heavy (non-hydrogen) atoms. The Bertz CT molecular complexity index is 662. The minimum absolute atomic E-state index is 0.136. The number of aromatic nitrogens is 1. The van der Waals surface area contributed by atoms with Crippen molar-refractivity contribution in [1.29, 1.82) is 0 Å². The quantitative estimate of drug-likeness (QED) is 0.936. The van der Waals surface area contributed by atoms with E-state index in [0.29, 0.717) is 17.1 Å². The summed E-state index contributed by atoms with van der Waals surface area (Å²) in [6.45, 7) is 0.531. The first-order valence-corrected chi connectivity index (χ1v) is 6.63. The monoisotopic (exact) mass is 290 g/mol. The van der Waals surface area contributed by atoms with Crippen molar-refractivity contribution in [3.8, 4) is 0 Å². The van der Waals surface area contributed by atoms with Gasteiger partial charge >= 0.3 is 0 Å². The van der Waals surface area contributed by atoms with Crippen LogP contribution in [0.2, 0.25) is 5.02 Å². The van der Waals surface area contributed by atoms with Gasteiger partial charge in [-0.3, -0.25) is 9.59 Å². The van der Waals surface area contributed by atoms with E-state index in [1.807, 2.05) is 24.3 Å². The molecule has 0 bridgehead atoms. The van der Waals surface area contributed by atoms with Crippen LogP contribution in [0.25, 0.3) is 0 Å². The lowest BCUT2D eigenvalue weighted by Crippen LogP contribution is -2.27. The molecule has 2 aromatic rings. The Labute approximate surface area is 122 Å². The number of nitrogens with one attached hydrogen (secondary N) is 1. The van der Waals surface area contributed by atoms with Crippen LogP contribution in [0, 0.1) is 0 Å². The van der Waals surface area contributed by atoms with Gasteiger partial charge in [0.1, 0.15) is 0 Å². The zero-order valence-corrected chi connectivity index (χ0v) is 11.9. The molecule has 0 fully saturated rings. The van der Waals surface area contributed by atoms with Crippen molar-refractivity contribution in [1.82, 2.24) is 9.88 Å². The molecule has 0 spiro atoms. The molecule has 1 aromatic heterocycles. The molecule has 1 amide bonds. The molecule has 0 saturated heterocycles. The maximum atomic E-state index is 11.9. The fraction of sp³-hybridized carbons (Fsp3) is 0.200. The Hall–Kier alpha value is -2.07. The minimum Gasteiger partial charge on any atom is -0.352 e. The molecule has 0 aliphatic carbocycles. The van der Waals surface area contributed by atoms with E-state index >= 15 is 0 Å². The number of hydrogen-bond acceptors (Lipinski definition) is 2. The number of halogens is 1. The second kappa shape index (κ2) is 6.39. The molecular formula is C15H15ClN2O2. The molecule has 0 unspecified atom stereocenters. The summed E-state index contributed by atoms with van der Waals surface area (Å²) < 4.78 is 1.38. The Balaban J connectivity index is 1.90. The van der Waals surface area contributed by atoms with Gasteiger partial charge in [-0.05, 0) is 30.2 Å². The van der Waals surface area contributed by atoms with Crippen LogP contribution in [0.3, 0.4) is 0 Å². The Morgan fingerprint density at radius 2 is 1.90 bits per heavy atom. The highest BCUT2D eigenvalue weighted by atomic mass is 35.5. The Morgan fingerprint density at radius 1 is 1.20 bits per heavy atom. The molecule has 2 rings (SSSR count). The SMILES string of the molecule is Cn1cc(C(=O)NCCc2ccc(Cl)cc2)ccc1=O. The van der Waals surface area contributed by atoms with Crippen LogP contribution in [-0.4, -0.2) is 17.0 Å². The van der Waals surface area contributed by atoms with Crippen molar-refractivity contribution >= 4 is 17.5 Å². The van der Waals surface area contributed by atoms with E-state index in [0.717, 1.165) is 12.0 Å². The smallest absolute Gasteiger partial charge is 0.252 e. The average Bonchev–Trinajstić information content (AvgIpc) is 2.44. The molecule has 0 aliphatic heterocycles. The van der Waals surface area contributed by atoms with Gasteiger partial charge in [0.05, 0.1) is 5.56 Å². The van der Waals surface area contributed by atoms with Gasteiger partial charge in [-0.15, -0.1) is 0 Å². The van der Waals surface area contributed by atoms with Gasteiger partial charge < -0.3 is 9.88 Å². The van der Waals surface area contributed by atoms with Gasteiger partial charge in [-0.2, -0.15) is 0 Å². The first kappa shape index (κ1) is 14.3. The van der Waals surface area contributed by atoms with E-state index in [1.54, 1.807) is 7.05 Å². The summed E-state index contributed by atoms with van der Waals surface area (Å²) in [7, 11) is 1.62. The Morgan fingerprint density at radius 3 is 2.55 bits per heavy atom. The highest BCUT2D eigenvalue weighted by Crippen LogP contribution is 2.09. The van der Waals surface area contributed by atoms with E-state index in [4.69, 9.17) is 11.6 Å². The van der Waals surface area contributed by atoms with Gasteiger partial charge in [-0.25, -0.2) is 0 Å². The van der Waals surface area contributed by atoms with Crippen LogP contribution in [-0.2, 0) is 13.5 Å². The van der Waals surface area contributed by atoms with Crippen LogP contribution in [0.4, 0.5) is 0 Å². The number of rotatable bonds is 4. The summed E-state index contributed by atoms with van der Waals surface area (Å²) in [6, 6.07) is 10.4. The summed E-state index contributed by atoms with van der Waals surface area (Å²) in [5.74, 6) is -0.186. The van der Waals surface area contributed by atoms with Crippen molar-refractivity contribution < 1.29 is 4.79 Å². The third kappa shape index (κ3) is 3.71. The van der Waals surface area contributed by atoms with E-state index in [-0.39, 0.29) is 11.5 Å². The average molecular weight is 291 g/mol. The standard InChI is InChI=1S/C15H15ClN2O2/c1-18-10-12(4-7-14(18)19)15(20)17-9-8-11-2-5-13(16)6-3-11/h2-7,10H,8-9H2,1H3,(H,17,20). The largest absolute Gasteiger partial charge is 0.352 e. The normalized spacial score (nSPS) is 10.3. The van der Waals surface area contributed by atoms with Crippen molar-refractivity contribution in [3.05, 3.63) is 69.1 Å². The van der Waals surface area contributed by atoms with Crippen LogP contribution in [0.15, 0.2) is 47.4 Å². The first-order valence-electron chi connectivity index (χ1n) is 6.25. The second-order valence-corrected chi connectivity index (χ2v) is 4.94. The lowest BCUT2D eigenvalue weighted by atomic mass is 10.1. The molecule has 104 valence electrons. The van der Waals surface area contributed by atoms with Crippen LogP contribution < -0.4 is 10.9 Å². The maximum absolute atomic E-state index is 11.9. The van der Waals surface area contributed by atoms with Gasteiger partial charge in [0.2, 0.25) is 5.56 Å². The molecule has 4 nitrogen and oxygen atoms in total. The van der Waals surface area contributed by atoms with Gasteiger partial charge in [0, 0.05) is 30.9 Å². The molecule has 5 heteroatoms. The third-order valence-electron chi connectivity index (χ3n) is 2.96. The number of carbonyl (C=O) groups is 1. The molecule has 0 radical (unpaired) electrons. The summed E-state index contributed by atoms with van der Waals surface area (Å²) in [5.41, 5.74) is 1.45. The maximum Gasteiger partial charge on any atom is 0.252 e. The zero-order valence-electron chi connectivity index (χ0n) is 11.1. The molecule has 0 saturated carbocycles. The van der Waals surface area contributed by atoms with E-state index in [2.05, 4.69) is 5.32 Å². The number of carbonyl (C=O) groups excluding carboxylic acids is 1. The molecule has 1 aromatic carbocycles. The number of hydrogen-bond donors (Lipinski definition) is 1. The first-order chi connectivity index (χ1) is 9.56. The summed E-state index contributed by atoms with van der Waals surface area (Å²) in [4.78, 5) is 23.1. The number of nitrogens with zero attached hydrogens (tertiary/aromatic N) is 1. The highest BCUT2D eigenvalue weighted by molar-refractivity contribution is 6.30. The predicted octanol–water partition coefficient (Wildman–Crippen LogP) is 2.01. The summed E-state index contributed by atoms with van der Waals surface area (Å²) in [6.07, 6.45) is 2.26. The van der Waals surface area contributed by atoms with Crippen molar-refractivity contribution in [2.24, 2.45) is 7.05 Å². The predicted molar refractivity (Wildman–Crippen MR) is 79.2 cm³/mol. The lowest BCUT2D eigenvalue weighted by Gasteiger charge is -2.06. The minimum atomic E-state index is -0.186. The van der Waals surface area contributed by atoms with E-state index < -0.39 is 0 Å². The zero-order chi connectivity index (χ0) is 14.5. The van der Waals surface area contributed by atoms with Crippen molar-refractivity contribution in [2.75, 3.05) is 6.54 Å². The number of amides is 1. The summed E-state index contributed by atoms with van der Waals surface area (Å²) >= 11 is 5.81. The Kier molecular flexibility index (Phi) is 4.58. The third-order valence-corrected chi connectivity index (χ3v) is 3.21. The van der Waals surface area contributed by atoms with Crippen molar-refractivity contribution in [2.45, 2.75) is 6.42 Å². The van der Waals surface area contributed by atoms with Crippen molar-refractivity contribution in [3.63, 3.8) is 0 Å². The number of benzene rings is 1. The fourth-order valence-electron chi connectivity index (χ4n) is 1.80. The lowest BCUT2D eigenvalue weighted by molar-refractivity contribution is 0.0953. The van der Waals surface area contributed by atoms with Gasteiger partial charge in [0.15, 0.2) is 0 Å². The van der Waals surface area contributed by atoms with Gasteiger partial charge in [-0.1, -0.05) is 23.7 Å². The highest BCUT2D eigenvalue weighted by Gasteiger charge is 2.05. The topological polar surface area (TPSA) is 51.1 Å². The number of pyridine rings is 1. The van der Waals surface area contributed by atoms with E-state index in [1.165, 1.54) is 22.9 Å². The molecule has 0 aliphatic rings. The molecule has 0 atom stereocenters. The summed E-state index contributed by atoms with van der Waals surface area (Å²) in [5, 5.41) is 3.52. The number of aryl methyl sites for hydroxylation is 1. The molecular weight excluding hydrogens is 276 g/mol. The van der Waals surface area contributed by atoms with E-state index in [9.17, 15) is 9.59 Å². The van der Waals surface area contributed by atoms with Gasteiger partial charge in [0.25, 0.3) is 5.91 Å². The van der Waals surface area contributed by atoms with Crippen LogP contribution >= 0.6 is 11.6 Å². The van der Waals surface area contributed by atoms with Crippen LogP contribution in [0.5, 0.6) is 0 Å². The van der Waals surface area contributed by atoms with Crippen LogP contribution in [0.1, 0.15) is 15.9 Å². The molecule has 1 N–H and O–H groups in total. The fourth-order valence-corrected chi connectivity index (χ4v) is 1.93.